The predicted molar refractivity (Wildman–Crippen MR) is 85.0 cm³/mol. The molecular weight excluding hydrogens is 318 g/mol. The van der Waals surface area contributed by atoms with Crippen LogP contribution in [-0.2, 0) is 0 Å². The summed E-state index contributed by atoms with van der Waals surface area (Å²) in [5.74, 6) is -0.929. The minimum atomic E-state index is -0.929. The fraction of sp³-hybridized carbons (Fsp3) is 0.188. The number of halogens is 1. The van der Waals surface area contributed by atoms with Crippen molar-refractivity contribution in [3.05, 3.63) is 57.1 Å². The molecule has 0 fully saturated rings. The molecule has 0 radical (unpaired) electrons. The highest BCUT2D eigenvalue weighted by molar-refractivity contribution is 9.10. The quantitative estimate of drug-likeness (QED) is 0.846. The molecule has 0 aliphatic rings. The molecule has 0 aliphatic carbocycles. The Hall–Kier alpha value is -1.81. The summed E-state index contributed by atoms with van der Waals surface area (Å²) in [6.45, 7) is 5.90. The van der Waals surface area contributed by atoms with Gasteiger partial charge in [-0.25, -0.2) is 4.79 Å². The fourth-order valence-electron chi connectivity index (χ4n) is 2.12. The van der Waals surface area contributed by atoms with Gasteiger partial charge in [-0.1, -0.05) is 27.6 Å². The molecule has 104 valence electrons. The summed E-state index contributed by atoms with van der Waals surface area (Å²) >= 11 is 3.52. The van der Waals surface area contributed by atoms with Crippen molar-refractivity contribution in [2.75, 3.05) is 5.32 Å². The molecule has 20 heavy (non-hydrogen) atoms. The summed E-state index contributed by atoms with van der Waals surface area (Å²) < 4.78 is 1.07. The smallest absolute Gasteiger partial charge is 0.337 e. The van der Waals surface area contributed by atoms with E-state index in [9.17, 15) is 9.90 Å². The number of anilines is 2. The number of benzene rings is 2. The molecule has 0 bridgehead atoms. The standard InChI is InChI=1S/C16H16BrNO2/c1-9-4-5-14(13(6-9)16(19)20)18-12-7-10(2)15(17)11(3)8-12/h4-8,18H,1-3H3,(H,19,20). The number of carbonyl (C=O) groups is 1. The maximum Gasteiger partial charge on any atom is 0.337 e. The minimum Gasteiger partial charge on any atom is -0.478 e. The first kappa shape index (κ1) is 14.6. The van der Waals surface area contributed by atoms with Crippen molar-refractivity contribution >= 4 is 33.3 Å². The molecule has 0 saturated heterocycles. The molecule has 0 aromatic heterocycles. The number of carboxylic acids is 1. The summed E-state index contributed by atoms with van der Waals surface area (Å²) in [6.07, 6.45) is 0. The second kappa shape index (κ2) is 5.67. The largest absolute Gasteiger partial charge is 0.478 e. The van der Waals surface area contributed by atoms with Crippen LogP contribution in [0.3, 0.4) is 0 Å². The zero-order valence-electron chi connectivity index (χ0n) is 11.6. The third-order valence-corrected chi connectivity index (χ3v) is 4.37. The van der Waals surface area contributed by atoms with Gasteiger partial charge >= 0.3 is 5.97 Å². The van der Waals surface area contributed by atoms with Crippen molar-refractivity contribution in [2.45, 2.75) is 20.8 Å². The van der Waals surface area contributed by atoms with Crippen LogP contribution in [0, 0.1) is 20.8 Å². The van der Waals surface area contributed by atoms with Crippen LogP contribution in [0.25, 0.3) is 0 Å². The van der Waals surface area contributed by atoms with Crippen molar-refractivity contribution in [3.63, 3.8) is 0 Å². The molecule has 0 atom stereocenters. The van der Waals surface area contributed by atoms with Gasteiger partial charge in [-0.15, -0.1) is 0 Å². The summed E-state index contributed by atoms with van der Waals surface area (Å²) in [5, 5.41) is 12.5. The highest BCUT2D eigenvalue weighted by Gasteiger charge is 2.11. The van der Waals surface area contributed by atoms with Crippen LogP contribution in [0.4, 0.5) is 11.4 Å². The normalized spacial score (nSPS) is 10.4. The Morgan fingerprint density at radius 3 is 2.25 bits per heavy atom. The van der Waals surface area contributed by atoms with E-state index in [1.54, 1.807) is 12.1 Å². The highest BCUT2D eigenvalue weighted by Crippen LogP contribution is 2.28. The first-order valence-electron chi connectivity index (χ1n) is 6.26. The number of aryl methyl sites for hydroxylation is 3. The summed E-state index contributed by atoms with van der Waals surface area (Å²) in [6, 6.07) is 9.34. The maximum absolute atomic E-state index is 11.3. The first-order chi connectivity index (χ1) is 9.38. The molecule has 0 aliphatic heterocycles. The molecule has 0 saturated carbocycles. The summed E-state index contributed by atoms with van der Waals surface area (Å²) in [5.41, 5.74) is 4.91. The molecule has 2 N–H and O–H groups in total. The van der Waals surface area contributed by atoms with Crippen LogP contribution >= 0.6 is 15.9 Å². The Kier molecular flexibility index (Phi) is 4.14. The van der Waals surface area contributed by atoms with E-state index in [0.29, 0.717) is 5.69 Å². The van der Waals surface area contributed by atoms with Gasteiger partial charge in [0.2, 0.25) is 0 Å². The van der Waals surface area contributed by atoms with Crippen LogP contribution in [0.5, 0.6) is 0 Å². The molecule has 0 spiro atoms. The van der Waals surface area contributed by atoms with Gasteiger partial charge in [0.25, 0.3) is 0 Å². The van der Waals surface area contributed by atoms with Gasteiger partial charge in [-0.05, 0) is 56.2 Å². The van der Waals surface area contributed by atoms with Crippen molar-refractivity contribution in [1.82, 2.24) is 0 Å². The van der Waals surface area contributed by atoms with E-state index in [-0.39, 0.29) is 5.56 Å². The molecule has 0 heterocycles. The second-order valence-electron chi connectivity index (χ2n) is 4.90. The molecule has 2 aromatic rings. The monoisotopic (exact) mass is 333 g/mol. The zero-order valence-corrected chi connectivity index (χ0v) is 13.2. The van der Waals surface area contributed by atoms with Gasteiger partial charge in [0.15, 0.2) is 0 Å². The van der Waals surface area contributed by atoms with Gasteiger partial charge in [-0.3, -0.25) is 0 Å². The van der Waals surface area contributed by atoms with E-state index in [2.05, 4.69) is 21.2 Å². The Morgan fingerprint density at radius 2 is 1.70 bits per heavy atom. The molecule has 3 nitrogen and oxygen atoms in total. The van der Waals surface area contributed by atoms with E-state index in [0.717, 1.165) is 26.9 Å². The molecule has 4 heteroatoms. The lowest BCUT2D eigenvalue weighted by atomic mass is 10.1. The molecule has 2 aromatic carbocycles. The van der Waals surface area contributed by atoms with E-state index < -0.39 is 5.97 Å². The Bertz CT molecular complexity index is 657. The predicted octanol–water partition coefficient (Wildman–Crippen LogP) is 4.82. The number of hydrogen-bond acceptors (Lipinski definition) is 2. The van der Waals surface area contributed by atoms with Gasteiger partial charge < -0.3 is 10.4 Å². The number of carboxylic acid groups (broad SMARTS) is 1. The average Bonchev–Trinajstić information content (AvgIpc) is 2.37. The third-order valence-electron chi connectivity index (χ3n) is 3.12. The fourth-order valence-corrected chi connectivity index (χ4v) is 2.35. The molecular formula is C16H16BrNO2. The lowest BCUT2D eigenvalue weighted by Crippen LogP contribution is -2.03. The number of hydrogen-bond donors (Lipinski definition) is 2. The summed E-state index contributed by atoms with van der Waals surface area (Å²) in [7, 11) is 0. The van der Waals surface area contributed by atoms with Gasteiger partial charge in [0.05, 0.1) is 11.3 Å². The lowest BCUT2D eigenvalue weighted by Gasteiger charge is -2.13. The Balaban J connectivity index is 2.42. The van der Waals surface area contributed by atoms with Crippen molar-refractivity contribution < 1.29 is 9.90 Å². The summed E-state index contributed by atoms with van der Waals surface area (Å²) in [4.78, 5) is 11.3. The number of rotatable bonds is 3. The van der Waals surface area contributed by atoms with Crippen LogP contribution in [0.2, 0.25) is 0 Å². The van der Waals surface area contributed by atoms with Gasteiger partial charge in [-0.2, -0.15) is 0 Å². The average molecular weight is 334 g/mol. The lowest BCUT2D eigenvalue weighted by molar-refractivity contribution is 0.0698. The van der Waals surface area contributed by atoms with E-state index in [1.165, 1.54) is 0 Å². The third kappa shape index (κ3) is 3.02. The highest BCUT2D eigenvalue weighted by atomic mass is 79.9. The van der Waals surface area contributed by atoms with Crippen molar-refractivity contribution in [3.8, 4) is 0 Å². The topological polar surface area (TPSA) is 49.3 Å². The van der Waals surface area contributed by atoms with E-state index >= 15 is 0 Å². The van der Waals surface area contributed by atoms with Crippen LogP contribution in [-0.4, -0.2) is 11.1 Å². The van der Waals surface area contributed by atoms with Crippen LogP contribution in [0.1, 0.15) is 27.0 Å². The maximum atomic E-state index is 11.3. The zero-order chi connectivity index (χ0) is 14.9. The van der Waals surface area contributed by atoms with Crippen molar-refractivity contribution in [1.29, 1.82) is 0 Å². The Morgan fingerprint density at radius 1 is 1.10 bits per heavy atom. The van der Waals surface area contributed by atoms with E-state index in [1.807, 2.05) is 39.0 Å². The minimum absolute atomic E-state index is 0.281. The van der Waals surface area contributed by atoms with Crippen LogP contribution in [0.15, 0.2) is 34.8 Å². The van der Waals surface area contributed by atoms with Crippen LogP contribution < -0.4 is 5.32 Å². The number of aromatic carboxylic acids is 1. The molecule has 0 unspecified atom stereocenters. The molecule has 0 amide bonds. The van der Waals surface area contributed by atoms with Gasteiger partial charge in [0.1, 0.15) is 0 Å². The van der Waals surface area contributed by atoms with E-state index in [4.69, 9.17) is 0 Å². The Labute approximate surface area is 126 Å². The number of nitrogens with one attached hydrogen (secondary N) is 1. The molecule has 2 rings (SSSR count). The van der Waals surface area contributed by atoms with Crippen molar-refractivity contribution in [2.24, 2.45) is 0 Å². The first-order valence-corrected chi connectivity index (χ1v) is 7.05. The SMILES string of the molecule is Cc1ccc(Nc2cc(C)c(Br)c(C)c2)c(C(=O)O)c1. The van der Waals surface area contributed by atoms with Gasteiger partial charge in [0, 0.05) is 10.2 Å². The second-order valence-corrected chi connectivity index (χ2v) is 5.70.